The van der Waals surface area contributed by atoms with Gasteiger partial charge in [0.2, 0.25) is 0 Å². The number of likely N-dealkylation sites (tertiary alicyclic amines) is 1. The van der Waals surface area contributed by atoms with Gasteiger partial charge in [-0.1, -0.05) is 0 Å². The molecule has 2 fully saturated rings. The topological polar surface area (TPSA) is 41.7 Å². The molecule has 4 heteroatoms. The van der Waals surface area contributed by atoms with Crippen molar-refractivity contribution in [1.29, 1.82) is 0 Å². The van der Waals surface area contributed by atoms with Gasteiger partial charge in [-0.2, -0.15) is 0 Å². The molecule has 2 N–H and O–H groups in total. The summed E-state index contributed by atoms with van der Waals surface area (Å²) in [7, 11) is 2.22. The highest BCUT2D eigenvalue weighted by Crippen LogP contribution is 2.34. The highest BCUT2D eigenvalue weighted by Gasteiger charge is 2.44. The van der Waals surface area contributed by atoms with Gasteiger partial charge in [-0.3, -0.25) is 4.90 Å². The molecule has 18 heavy (non-hydrogen) atoms. The molecule has 0 radical (unpaired) electrons. The van der Waals surface area contributed by atoms with Gasteiger partial charge >= 0.3 is 0 Å². The van der Waals surface area contributed by atoms with E-state index in [1.165, 1.54) is 12.8 Å². The molecule has 0 aromatic rings. The summed E-state index contributed by atoms with van der Waals surface area (Å²) in [4.78, 5) is 5.08. The smallest absolute Gasteiger partial charge is 0.0675 e. The molecule has 0 bridgehead atoms. The van der Waals surface area contributed by atoms with E-state index in [2.05, 4.69) is 37.6 Å². The molecule has 0 spiro atoms. The lowest BCUT2D eigenvalue weighted by Gasteiger charge is -2.54. The van der Waals surface area contributed by atoms with Crippen LogP contribution in [-0.4, -0.2) is 66.8 Å². The summed E-state index contributed by atoms with van der Waals surface area (Å²) in [6.07, 6.45) is 2.69. The van der Waals surface area contributed by atoms with Crippen molar-refractivity contribution in [1.82, 2.24) is 9.80 Å². The fourth-order valence-corrected chi connectivity index (χ4v) is 3.54. The Balaban J connectivity index is 2.15. The summed E-state index contributed by atoms with van der Waals surface area (Å²) >= 11 is 0. The van der Waals surface area contributed by atoms with Crippen LogP contribution < -0.4 is 5.73 Å². The largest absolute Gasteiger partial charge is 0.376 e. The minimum Gasteiger partial charge on any atom is -0.376 e. The zero-order valence-electron chi connectivity index (χ0n) is 12.4. The maximum absolute atomic E-state index is 6.18. The molecular weight excluding hydrogens is 226 g/mol. The van der Waals surface area contributed by atoms with Gasteiger partial charge in [0, 0.05) is 30.7 Å². The predicted molar refractivity (Wildman–Crippen MR) is 74.7 cm³/mol. The van der Waals surface area contributed by atoms with Crippen molar-refractivity contribution in [3.63, 3.8) is 0 Å². The Kier molecular flexibility index (Phi) is 4.32. The number of hydrogen-bond acceptors (Lipinski definition) is 4. The van der Waals surface area contributed by atoms with Gasteiger partial charge in [-0.05, 0) is 47.2 Å². The minimum atomic E-state index is 0.184. The summed E-state index contributed by atoms with van der Waals surface area (Å²) in [6.45, 7) is 10.5. The summed E-state index contributed by atoms with van der Waals surface area (Å²) in [5.74, 6) is 0. The van der Waals surface area contributed by atoms with Gasteiger partial charge in [0.25, 0.3) is 0 Å². The summed E-state index contributed by atoms with van der Waals surface area (Å²) in [5.41, 5.74) is 6.37. The minimum absolute atomic E-state index is 0.184. The lowest BCUT2D eigenvalue weighted by molar-refractivity contribution is -0.110. The van der Waals surface area contributed by atoms with Crippen LogP contribution in [0.5, 0.6) is 0 Å². The fraction of sp³-hybridized carbons (Fsp3) is 1.00. The number of nitrogens with two attached hydrogens (primary N) is 1. The normalized spacial score (nSPS) is 44.2. The van der Waals surface area contributed by atoms with Gasteiger partial charge in [0.1, 0.15) is 0 Å². The van der Waals surface area contributed by atoms with E-state index in [1.54, 1.807) is 0 Å². The maximum atomic E-state index is 6.18. The summed E-state index contributed by atoms with van der Waals surface area (Å²) < 4.78 is 5.76. The number of ether oxygens (including phenoxy) is 1. The van der Waals surface area contributed by atoms with E-state index in [4.69, 9.17) is 10.5 Å². The van der Waals surface area contributed by atoms with Crippen LogP contribution in [0.1, 0.15) is 33.6 Å². The number of hydrogen-bond donors (Lipinski definition) is 1. The maximum Gasteiger partial charge on any atom is 0.0675 e. The van der Waals surface area contributed by atoms with E-state index in [1.807, 2.05) is 0 Å². The molecule has 2 saturated heterocycles. The first-order chi connectivity index (χ1) is 8.48. The second-order valence-electron chi connectivity index (χ2n) is 6.36. The summed E-state index contributed by atoms with van der Waals surface area (Å²) in [6, 6.07) is 1.10. The second kappa shape index (κ2) is 5.45. The van der Waals surface area contributed by atoms with Gasteiger partial charge < -0.3 is 15.4 Å². The number of piperidine rings is 1. The van der Waals surface area contributed by atoms with Gasteiger partial charge in [-0.15, -0.1) is 0 Å². The molecule has 4 unspecified atom stereocenters. The van der Waals surface area contributed by atoms with Crippen LogP contribution in [0.25, 0.3) is 0 Å². The van der Waals surface area contributed by atoms with E-state index in [0.29, 0.717) is 18.2 Å². The summed E-state index contributed by atoms with van der Waals surface area (Å²) in [5, 5.41) is 0. The van der Waals surface area contributed by atoms with E-state index in [9.17, 15) is 0 Å². The molecule has 0 saturated carbocycles. The van der Waals surface area contributed by atoms with Crippen LogP contribution in [-0.2, 0) is 4.74 Å². The number of morpholine rings is 1. The Hall–Kier alpha value is -0.160. The van der Waals surface area contributed by atoms with E-state index >= 15 is 0 Å². The van der Waals surface area contributed by atoms with Crippen LogP contribution in [0.3, 0.4) is 0 Å². The molecule has 4 nitrogen and oxygen atoms in total. The molecule has 0 aromatic carbocycles. The lowest BCUT2D eigenvalue weighted by atomic mass is 9.80. The first-order valence-corrected chi connectivity index (χ1v) is 7.27. The molecule has 2 rings (SSSR count). The Bertz CT molecular complexity index is 286. The first kappa shape index (κ1) is 14.3. The van der Waals surface area contributed by atoms with Crippen LogP contribution in [0.2, 0.25) is 0 Å². The standard InChI is InChI=1S/C14H29N3O/c1-11-7-14(10-15,5-6-16(11)4)17-8-13(3)18-9-12(17)2/h11-13H,5-10,15H2,1-4H3. The molecule has 106 valence electrons. The monoisotopic (exact) mass is 255 g/mol. The Morgan fingerprint density at radius 2 is 2.00 bits per heavy atom. The molecule has 0 amide bonds. The van der Waals surface area contributed by atoms with Crippen molar-refractivity contribution in [2.45, 2.75) is 57.3 Å². The third kappa shape index (κ3) is 2.57. The molecule has 2 heterocycles. The van der Waals surface area contributed by atoms with Crippen LogP contribution in [0, 0.1) is 0 Å². The third-order valence-electron chi connectivity index (χ3n) is 4.95. The Morgan fingerprint density at radius 3 is 2.61 bits per heavy atom. The average molecular weight is 255 g/mol. The molecular formula is C14H29N3O. The van der Waals surface area contributed by atoms with Crippen molar-refractivity contribution in [3.05, 3.63) is 0 Å². The quantitative estimate of drug-likeness (QED) is 0.796. The highest BCUT2D eigenvalue weighted by molar-refractivity contribution is 5.01. The van der Waals surface area contributed by atoms with Crippen molar-refractivity contribution in [2.75, 3.05) is 33.3 Å². The van der Waals surface area contributed by atoms with Gasteiger partial charge in [0.15, 0.2) is 0 Å². The second-order valence-corrected chi connectivity index (χ2v) is 6.36. The molecule has 2 aliphatic heterocycles. The Morgan fingerprint density at radius 1 is 1.28 bits per heavy atom. The fourth-order valence-electron chi connectivity index (χ4n) is 3.54. The first-order valence-electron chi connectivity index (χ1n) is 7.27. The average Bonchev–Trinajstić information content (AvgIpc) is 2.36. The predicted octanol–water partition coefficient (Wildman–Crippen LogP) is 0.907. The van der Waals surface area contributed by atoms with Crippen molar-refractivity contribution < 1.29 is 4.74 Å². The zero-order valence-corrected chi connectivity index (χ0v) is 12.4. The van der Waals surface area contributed by atoms with Crippen molar-refractivity contribution in [2.24, 2.45) is 5.73 Å². The van der Waals surface area contributed by atoms with E-state index in [-0.39, 0.29) is 5.54 Å². The molecule has 4 atom stereocenters. The van der Waals surface area contributed by atoms with Crippen molar-refractivity contribution in [3.8, 4) is 0 Å². The number of rotatable bonds is 2. The van der Waals surface area contributed by atoms with Crippen LogP contribution in [0.4, 0.5) is 0 Å². The molecule has 2 aliphatic rings. The number of nitrogens with zero attached hydrogens (tertiary/aromatic N) is 2. The highest BCUT2D eigenvalue weighted by atomic mass is 16.5. The van der Waals surface area contributed by atoms with Gasteiger partial charge in [0.05, 0.1) is 12.7 Å². The van der Waals surface area contributed by atoms with E-state index < -0.39 is 0 Å². The third-order valence-corrected chi connectivity index (χ3v) is 4.95. The van der Waals surface area contributed by atoms with E-state index in [0.717, 1.165) is 26.2 Å². The van der Waals surface area contributed by atoms with Crippen molar-refractivity contribution >= 4 is 0 Å². The lowest BCUT2D eigenvalue weighted by Crippen LogP contribution is -2.66. The zero-order chi connectivity index (χ0) is 13.3. The molecule has 0 aliphatic carbocycles. The van der Waals surface area contributed by atoms with Gasteiger partial charge in [-0.25, -0.2) is 0 Å². The molecule has 0 aromatic heterocycles. The van der Waals surface area contributed by atoms with Crippen LogP contribution >= 0.6 is 0 Å². The van der Waals surface area contributed by atoms with Crippen LogP contribution in [0.15, 0.2) is 0 Å². The Labute approximate surface area is 111 Å². The SMILES string of the molecule is CC1CN(C2(CN)CCN(C)C(C)C2)C(C)CO1.